The highest BCUT2D eigenvalue weighted by atomic mass is 79.9. The fraction of sp³-hybridized carbons (Fsp3) is 0.385. The van der Waals surface area contributed by atoms with Crippen molar-refractivity contribution >= 4 is 15.9 Å². The molecule has 0 fully saturated rings. The first-order valence-electron chi connectivity index (χ1n) is 5.68. The van der Waals surface area contributed by atoms with Crippen LogP contribution in [0.3, 0.4) is 0 Å². The molecule has 0 amide bonds. The molecule has 1 atom stereocenters. The maximum absolute atomic E-state index is 13.1. The smallest absolute Gasteiger partial charge is 0.137 e. The van der Waals surface area contributed by atoms with Crippen LogP contribution >= 0.6 is 15.9 Å². The second-order valence-electron chi connectivity index (χ2n) is 3.77. The van der Waals surface area contributed by atoms with Crippen molar-refractivity contribution in [2.24, 2.45) is 5.73 Å². The molecule has 3 N–H and O–H groups in total. The summed E-state index contributed by atoms with van der Waals surface area (Å²) >= 11 is 3.18. The summed E-state index contributed by atoms with van der Waals surface area (Å²) in [5, 5.41) is 3.35. The lowest BCUT2D eigenvalue weighted by Gasteiger charge is -2.17. The van der Waals surface area contributed by atoms with Gasteiger partial charge >= 0.3 is 0 Å². The molecule has 17 heavy (non-hydrogen) atoms. The lowest BCUT2D eigenvalue weighted by Crippen LogP contribution is -2.28. The van der Waals surface area contributed by atoms with Gasteiger partial charge in [-0.3, -0.25) is 0 Å². The Labute approximate surface area is 110 Å². The van der Waals surface area contributed by atoms with E-state index in [1.807, 2.05) is 13.0 Å². The molecule has 0 aliphatic heterocycles. The fourth-order valence-corrected chi connectivity index (χ4v) is 1.97. The minimum atomic E-state index is -0.251. The third kappa shape index (κ3) is 4.58. The summed E-state index contributed by atoms with van der Waals surface area (Å²) in [6.07, 6.45) is 5.09. The van der Waals surface area contributed by atoms with E-state index in [0.29, 0.717) is 11.0 Å². The van der Waals surface area contributed by atoms with Crippen molar-refractivity contribution in [2.75, 3.05) is 13.1 Å². The minimum Gasteiger partial charge on any atom is -0.329 e. The van der Waals surface area contributed by atoms with Crippen LogP contribution in [0.1, 0.15) is 24.9 Å². The summed E-state index contributed by atoms with van der Waals surface area (Å²) in [6, 6.07) is 5.06. The fourth-order valence-electron chi connectivity index (χ4n) is 1.57. The summed E-state index contributed by atoms with van der Waals surface area (Å²) in [7, 11) is 0. The molecule has 2 nitrogen and oxygen atoms in total. The van der Waals surface area contributed by atoms with Crippen LogP contribution < -0.4 is 11.1 Å². The first kappa shape index (κ1) is 14.4. The van der Waals surface area contributed by atoms with Gasteiger partial charge < -0.3 is 11.1 Å². The maximum atomic E-state index is 13.1. The molecule has 0 spiro atoms. The lowest BCUT2D eigenvalue weighted by atomic mass is 10.1. The van der Waals surface area contributed by atoms with Gasteiger partial charge in [-0.2, -0.15) is 0 Å². The Morgan fingerprint density at radius 1 is 1.53 bits per heavy atom. The van der Waals surface area contributed by atoms with Crippen LogP contribution in [0.2, 0.25) is 0 Å². The molecular formula is C13H18BrFN2. The molecule has 1 aromatic rings. The molecule has 0 heterocycles. The van der Waals surface area contributed by atoms with Crippen molar-refractivity contribution < 1.29 is 4.39 Å². The van der Waals surface area contributed by atoms with E-state index in [1.165, 1.54) is 6.07 Å². The van der Waals surface area contributed by atoms with Crippen molar-refractivity contribution in [3.63, 3.8) is 0 Å². The molecule has 0 aromatic heterocycles. The van der Waals surface area contributed by atoms with E-state index in [4.69, 9.17) is 5.73 Å². The SMILES string of the molecule is C/C=C/CCNC(CN)c1ccc(F)c(Br)c1. The average Bonchev–Trinajstić information content (AvgIpc) is 2.33. The summed E-state index contributed by atoms with van der Waals surface area (Å²) in [4.78, 5) is 0. The topological polar surface area (TPSA) is 38.0 Å². The van der Waals surface area contributed by atoms with Crippen molar-refractivity contribution in [1.82, 2.24) is 5.32 Å². The first-order chi connectivity index (χ1) is 8.19. The molecule has 0 saturated carbocycles. The van der Waals surface area contributed by atoms with E-state index in [0.717, 1.165) is 18.5 Å². The summed E-state index contributed by atoms with van der Waals surface area (Å²) < 4.78 is 13.6. The van der Waals surface area contributed by atoms with Gasteiger partial charge in [0.25, 0.3) is 0 Å². The zero-order valence-corrected chi connectivity index (χ0v) is 11.5. The predicted molar refractivity (Wildman–Crippen MR) is 73.3 cm³/mol. The predicted octanol–water partition coefficient (Wildman–Crippen LogP) is 3.14. The van der Waals surface area contributed by atoms with Crippen LogP contribution in [-0.4, -0.2) is 13.1 Å². The van der Waals surface area contributed by atoms with Crippen LogP contribution in [0.4, 0.5) is 4.39 Å². The number of hydrogen-bond acceptors (Lipinski definition) is 2. The Hall–Kier alpha value is -0.710. The molecular weight excluding hydrogens is 283 g/mol. The van der Waals surface area contributed by atoms with Crippen molar-refractivity contribution in [3.8, 4) is 0 Å². The van der Waals surface area contributed by atoms with Crippen LogP contribution in [0.15, 0.2) is 34.8 Å². The lowest BCUT2D eigenvalue weighted by molar-refractivity contribution is 0.545. The van der Waals surface area contributed by atoms with Crippen LogP contribution in [-0.2, 0) is 0 Å². The van der Waals surface area contributed by atoms with E-state index in [-0.39, 0.29) is 11.9 Å². The molecule has 4 heteroatoms. The summed E-state index contributed by atoms with van der Waals surface area (Å²) in [5.41, 5.74) is 6.72. The van der Waals surface area contributed by atoms with Crippen molar-refractivity contribution in [3.05, 3.63) is 46.2 Å². The molecule has 0 saturated heterocycles. The minimum absolute atomic E-state index is 0.0668. The van der Waals surface area contributed by atoms with Crippen LogP contribution in [0.25, 0.3) is 0 Å². The largest absolute Gasteiger partial charge is 0.329 e. The van der Waals surface area contributed by atoms with Gasteiger partial charge in [0.2, 0.25) is 0 Å². The standard InChI is InChI=1S/C13H18BrFN2/c1-2-3-4-7-17-13(9-16)10-5-6-12(15)11(14)8-10/h2-3,5-6,8,13,17H,4,7,9,16H2,1H3/b3-2+. The Bertz CT molecular complexity index is 380. The van der Waals surface area contributed by atoms with Gasteiger partial charge in [0.15, 0.2) is 0 Å². The normalized spacial score (nSPS) is 13.2. The van der Waals surface area contributed by atoms with E-state index in [9.17, 15) is 4.39 Å². The maximum Gasteiger partial charge on any atom is 0.137 e. The van der Waals surface area contributed by atoms with Crippen LogP contribution in [0.5, 0.6) is 0 Å². The number of nitrogens with one attached hydrogen (secondary N) is 1. The van der Waals surface area contributed by atoms with E-state index >= 15 is 0 Å². The average molecular weight is 301 g/mol. The Balaban J connectivity index is 2.62. The van der Waals surface area contributed by atoms with Crippen LogP contribution in [0, 0.1) is 5.82 Å². The molecule has 1 aromatic carbocycles. The molecule has 0 bridgehead atoms. The highest BCUT2D eigenvalue weighted by Gasteiger charge is 2.10. The second-order valence-corrected chi connectivity index (χ2v) is 4.63. The molecule has 0 aliphatic carbocycles. The molecule has 94 valence electrons. The van der Waals surface area contributed by atoms with Gasteiger partial charge in [-0.1, -0.05) is 18.2 Å². The number of allylic oxidation sites excluding steroid dienone is 1. The molecule has 0 radical (unpaired) electrons. The number of halogens is 2. The third-order valence-electron chi connectivity index (χ3n) is 2.52. The first-order valence-corrected chi connectivity index (χ1v) is 6.48. The van der Waals surface area contributed by atoms with Crippen molar-refractivity contribution in [1.29, 1.82) is 0 Å². The molecule has 0 aliphatic rings. The number of nitrogens with two attached hydrogens (primary N) is 1. The van der Waals surface area contributed by atoms with Gasteiger partial charge in [0.1, 0.15) is 5.82 Å². The highest BCUT2D eigenvalue weighted by molar-refractivity contribution is 9.10. The Kier molecular flexibility index (Phi) is 6.40. The summed E-state index contributed by atoms with van der Waals surface area (Å²) in [5.74, 6) is -0.251. The van der Waals surface area contributed by atoms with Gasteiger partial charge in [0, 0.05) is 12.6 Å². The Morgan fingerprint density at radius 3 is 2.88 bits per heavy atom. The van der Waals surface area contributed by atoms with E-state index in [2.05, 4.69) is 27.3 Å². The number of hydrogen-bond donors (Lipinski definition) is 2. The zero-order chi connectivity index (χ0) is 12.7. The molecule has 1 unspecified atom stereocenters. The van der Waals surface area contributed by atoms with Gasteiger partial charge in [-0.15, -0.1) is 0 Å². The molecule has 1 rings (SSSR count). The van der Waals surface area contributed by atoms with E-state index < -0.39 is 0 Å². The third-order valence-corrected chi connectivity index (χ3v) is 3.13. The second kappa shape index (κ2) is 7.58. The monoisotopic (exact) mass is 300 g/mol. The highest BCUT2D eigenvalue weighted by Crippen LogP contribution is 2.20. The summed E-state index contributed by atoms with van der Waals surface area (Å²) in [6.45, 7) is 3.35. The van der Waals surface area contributed by atoms with Gasteiger partial charge in [-0.05, 0) is 53.5 Å². The Morgan fingerprint density at radius 2 is 2.29 bits per heavy atom. The quantitative estimate of drug-likeness (QED) is 0.626. The van der Waals surface area contributed by atoms with Crippen molar-refractivity contribution in [2.45, 2.75) is 19.4 Å². The number of rotatable bonds is 6. The van der Waals surface area contributed by atoms with Gasteiger partial charge in [0.05, 0.1) is 4.47 Å². The number of benzene rings is 1. The zero-order valence-electron chi connectivity index (χ0n) is 9.92. The van der Waals surface area contributed by atoms with Gasteiger partial charge in [-0.25, -0.2) is 4.39 Å². The van der Waals surface area contributed by atoms with E-state index in [1.54, 1.807) is 12.1 Å².